The first-order valence-corrected chi connectivity index (χ1v) is 13.1. The van der Waals surface area contributed by atoms with Gasteiger partial charge in [-0.2, -0.15) is 13.7 Å². The predicted molar refractivity (Wildman–Crippen MR) is 133 cm³/mol. The van der Waals surface area contributed by atoms with Crippen molar-refractivity contribution < 1.29 is 22.5 Å². The molecule has 0 bridgehead atoms. The van der Waals surface area contributed by atoms with Crippen LogP contribution in [0.2, 0.25) is 0 Å². The molecule has 2 aliphatic rings. The fraction of sp³-hybridized carbons (Fsp3) is 0.462. The summed E-state index contributed by atoms with van der Waals surface area (Å²) in [5, 5.41) is 12.6. The zero-order valence-corrected chi connectivity index (χ0v) is 21.4. The number of methoxy groups -OCH3 is 1. The lowest BCUT2D eigenvalue weighted by Gasteiger charge is -2.23. The second-order valence-electron chi connectivity index (χ2n) is 9.18. The highest BCUT2D eigenvalue weighted by Crippen LogP contribution is 2.34. The molecule has 2 N–H and O–H groups in total. The smallest absolute Gasteiger partial charge is 0.294 e. The lowest BCUT2D eigenvalue weighted by Crippen LogP contribution is -2.45. The summed E-state index contributed by atoms with van der Waals surface area (Å²) in [5.41, 5.74) is 4.69. The van der Waals surface area contributed by atoms with Gasteiger partial charge in [0, 0.05) is 13.1 Å². The van der Waals surface area contributed by atoms with E-state index in [-0.39, 0.29) is 22.9 Å². The molecule has 0 unspecified atom stereocenters. The molecule has 1 amide bonds. The van der Waals surface area contributed by atoms with Crippen molar-refractivity contribution >= 4 is 16.0 Å². The van der Waals surface area contributed by atoms with Gasteiger partial charge in [0.2, 0.25) is 5.91 Å². The second-order valence-corrected chi connectivity index (χ2v) is 10.6. The maximum absolute atomic E-state index is 12.8. The number of ether oxygens (including phenoxy) is 1. The van der Waals surface area contributed by atoms with Crippen LogP contribution in [0.4, 0.5) is 0 Å². The number of nitrogens with zero attached hydrogens (tertiary/aromatic N) is 2. The third-order valence-corrected chi connectivity index (χ3v) is 7.51. The van der Waals surface area contributed by atoms with Crippen molar-refractivity contribution in [2.75, 3.05) is 20.2 Å². The maximum Gasteiger partial charge on any atom is 0.294 e. The van der Waals surface area contributed by atoms with Crippen molar-refractivity contribution in [2.24, 2.45) is 0 Å². The van der Waals surface area contributed by atoms with Crippen molar-refractivity contribution in [1.82, 2.24) is 10.2 Å². The van der Waals surface area contributed by atoms with Crippen molar-refractivity contribution in [3.8, 4) is 11.8 Å². The topological polar surface area (TPSA) is 120 Å². The largest absolute Gasteiger partial charge is 0.497 e. The van der Waals surface area contributed by atoms with E-state index in [2.05, 4.69) is 37.4 Å². The first kappa shape index (κ1) is 26.7. The molecule has 0 aliphatic carbocycles. The predicted octanol–water partition coefficient (Wildman–Crippen LogP) is 3.51. The number of amides is 1. The molecule has 4 rings (SSSR count). The minimum atomic E-state index is -4.02. The molecular weight excluding hydrogens is 466 g/mol. The number of nitrogens with one attached hydrogen (secondary N) is 1. The second kappa shape index (κ2) is 11.2. The van der Waals surface area contributed by atoms with Crippen LogP contribution in [0.3, 0.4) is 0 Å². The zero-order chi connectivity index (χ0) is 25.8. The normalized spacial score (nSPS) is 21.7. The number of carbonyl (C=O) groups excluding carboxylic acids is 1. The van der Waals surface area contributed by atoms with Crippen LogP contribution in [0.5, 0.6) is 5.75 Å². The molecule has 2 fully saturated rings. The summed E-state index contributed by atoms with van der Waals surface area (Å²) in [6.45, 7) is 7.56. The Labute approximate surface area is 207 Å². The van der Waals surface area contributed by atoms with Crippen molar-refractivity contribution in [3.05, 3.63) is 58.7 Å². The van der Waals surface area contributed by atoms with Gasteiger partial charge >= 0.3 is 0 Å². The van der Waals surface area contributed by atoms with Crippen LogP contribution in [0.15, 0.2) is 41.3 Å². The summed E-state index contributed by atoms with van der Waals surface area (Å²) >= 11 is 0. The van der Waals surface area contributed by atoms with E-state index < -0.39 is 10.1 Å². The Morgan fingerprint density at radius 1 is 1.17 bits per heavy atom. The molecule has 2 aliphatic heterocycles. The Morgan fingerprint density at radius 3 is 2.34 bits per heavy atom. The summed E-state index contributed by atoms with van der Waals surface area (Å²) in [5.74, 6) is 1.29. The first-order valence-electron chi connectivity index (χ1n) is 11.7. The van der Waals surface area contributed by atoms with E-state index in [1.807, 2.05) is 6.92 Å². The number of hydrogen-bond acceptors (Lipinski definition) is 6. The standard InChI is InChI=1S/C19H25N3O2.C7H8O3S/c1-12-7-16(24-3)8-13(2)18(12)14-9-17(21-11-14)19(23)22-6-4-5-15(22)10-20;1-6-2-4-7(5-3-6)11(8,9)10/h7-8,14-15,17,21H,4-6,9,11H2,1-3H3;2-5H,1H3,(H,8,9,10)/t14-,15-,17-;/m0./s1. The third-order valence-electron chi connectivity index (χ3n) is 6.64. The molecule has 0 radical (unpaired) electrons. The number of benzene rings is 2. The quantitative estimate of drug-likeness (QED) is 0.618. The van der Waals surface area contributed by atoms with Crippen LogP contribution in [-0.4, -0.2) is 56.1 Å². The Balaban J connectivity index is 0.000000261. The lowest BCUT2D eigenvalue weighted by molar-refractivity contribution is -0.133. The highest BCUT2D eigenvalue weighted by atomic mass is 32.2. The van der Waals surface area contributed by atoms with E-state index in [4.69, 9.17) is 9.29 Å². The number of carbonyl (C=O) groups is 1. The average molecular weight is 500 g/mol. The molecule has 0 saturated carbocycles. The average Bonchev–Trinajstić information content (AvgIpc) is 3.48. The molecule has 2 aromatic carbocycles. The minimum absolute atomic E-state index is 0.0666. The molecule has 35 heavy (non-hydrogen) atoms. The Morgan fingerprint density at radius 2 is 1.80 bits per heavy atom. The highest BCUT2D eigenvalue weighted by molar-refractivity contribution is 7.85. The molecule has 9 heteroatoms. The van der Waals surface area contributed by atoms with Gasteiger partial charge in [-0.15, -0.1) is 0 Å². The van der Waals surface area contributed by atoms with Gasteiger partial charge in [0.05, 0.1) is 24.1 Å². The van der Waals surface area contributed by atoms with Crippen LogP contribution in [0, 0.1) is 32.1 Å². The lowest BCUT2D eigenvalue weighted by atomic mass is 9.88. The van der Waals surface area contributed by atoms with Gasteiger partial charge in [-0.3, -0.25) is 9.35 Å². The summed E-state index contributed by atoms with van der Waals surface area (Å²) < 4.78 is 34.9. The van der Waals surface area contributed by atoms with Crippen molar-refractivity contribution in [3.63, 3.8) is 0 Å². The van der Waals surface area contributed by atoms with Gasteiger partial charge in [-0.1, -0.05) is 17.7 Å². The molecule has 2 heterocycles. The van der Waals surface area contributed by atoms with Gasteiger partial charge < -0.3 is 15.0 Å². The van der Waals surface area contributed by atoms with Gasteiger partial charge in [0.15, 0.2) is 0 Å². The number of aryl methyl sites for hydroxylation is 3. The first-order chi connectivity index (χ1) is 16.5. The summed E-state index contributed by atoms with van der Waals surface area (Å²) in [4.78, 5) is 14.4. The molecule has 2 saturated heterocycles. The van der Waals surface area contributed by atoms with Gasteiger partial charge in [0.25, 0.3) is 10.1 Å². The van der Waals surface area contributed by atoms with Crippen LogP contribution in [0.25, 0.3) is 0 Å². The molecule has 2 aromatic rings. The van der Waals surface area contributed by atoms with E-state index in [0.717, 1.165) is 37.1 Å². The van der Waals surface area contributed by atoms with E-state index in [1.165, 1.54) is 28.8 Å². The Hall–Kier alpha value is -2.93. The Bertz CT molecular complexity index is 1180. The summed E-state index contributed by atoms with van der Waals surface area (Å²) in [6.07, 6.45) is 2.52. The summed E-state index contributed by atoms with van der Waals surface area (Å²) in [6, 6.07) is 11.9. The number of hydrogen-bond donors (Lipinski definition) is 2. The molecule has 8 nitrogen and oxygen atoms in total. The van der Waals surface area contributed by atoms with Crippen LogP contribution < -0.4 is 10.1 Å². The number of likely N-dealkylation sites (tertiary alicyclic amines) is 1. The van der Waals surface area contributed by atoms with Crippen LogP contribution >= 0.6 is 0 Å². The summed E-state index contributed by atoms with van der Waals surface area (Å²) in [7, 11) is -2.34. The molecule has 0 aromatic heterocycles. The van der Waals surface area contributed by atoms with Crippen molar-refractivity contribution in [1.29, 1.82) is 5.26 Å². The number of nitriles is 1. The third kappa shape index (κ3) is 6.40. The SMILES string of the molecule is COc1cc(C)c([C@@H]2CN[C@H](C(=O)N3CCC[C@H]3C#N)C2)c(C)c1.Cc1ccc(S(=O)(=O)O)cc1. The zero-order valence-electron chi connectivity index (χ0n) is 20.6. The Kier molecular flexibility index (Phi) is 8.54. The van der Waals surface area contributed by atoms with E-state index >= 15 is 0 Å². The fourth-order valence-electron chi connectivity index (χ4n) is 4.92. The minimum Gasteiger partial charge on any atom is -0.497 e. The highest BCUT2D eigenvalue weighted by Gasteiger charge is 2.38. The number of rotatable bonds is 4. The monoisotopic (exact) mass is 499 g/mol. The molecular formula is C26H33N3O5S. The van der Waals surface area contributed by atoms with E-state index in [1.54, 1.807) is 24.1 Å². The van der Waals surface area contributed by atoms with Gasteiger partial charge in [-0.05, 0) is 86.9 Å². The van der Waals surface area contributed by atoms with Gasteiger partial charge in [-0.25, -0.2) is 0 Å². The molecule has 3 atom stereocenters. The van der Waals surface area contributed by atoms with Crippen molar-refractivity contribution in [2.45, 2.75) is 62.9 Å². The molecule has 188 valence electrons. The van der Waals surface area contributed by atoms with Gasteiger partial charge in [0.1, 0.15) is 11.8 Å². The van der Waals surface area contributed by atoms with Crippen LogP contribution in [-0.2, 0) is 14.9 Å². The maximum atomic E-state index is 12.8. The van der Waals surface area contributed by atoms with E-state index in [0.29, 0.717) is 12.5 Å². The molecule has 0 spiro atoms. The van der Waals surface area contributed by atoms with Crippen LogP contribution in [0.1, 0.15) is 47.4 Å². The fourth-order valence-corrected chi connectivity index (χ4v) is 5.40. The van der Waals surface area contributed by atoms with E-state index in [9.17, 15) is 18.5 Å².